The number of amides is 1. The van der Waals surface area contributed by atoms with E-state index in [1.807, 2.05) is 13.8 Å². The number of anilines is 1. The molecule has 0 spiro atoms. The molecule has 1 N–H and O–H groups in total. The van der Waals surface area contributed by atoms with Crippen LogP contribution in [0.15, 0.2) is 36.9 Å². The molecule has 0 bridgehead atoms. The molecule has 0 aliphatic rings. The second kappa shape index (κ2) is 8.22. The van der Waals surface area contributed by atoms with E-state index in [9.17, 15) is 9.59 Å². The third-order valence-corrected chi connectivity index (χ3v) is 3.04. The molecule has 0 heterocycles. The van der Waals surface area contributed by atoms with E-state index in [-0.39, 0.29) is 12.5 Å². The van der Waals surface area contributed by atoms with Gasteiger partial charge in [-0.2, -0.15) is 0 Å². The molecule has 5 nitrogen and oxygen atoms in total. The van der Waals surface area contributed by atoms with Gasteiger partial charge >= 0.3 is 5.97 Å². The van der Waals surface area contributed by atoms with Crippen molar-refractivity contribution in [1.29, 1.82) is 0 Å². The van der Waals surface area contributed by atoms with Crippen molar-refractivity contribution in [2.45, 2.75) is 27.2 Å². The highest BCUT2D eigenvalue weighted by Crippen LogP contribution is 2.24. The van der Waals surface area contributed by atoms with Gasteiger partial charge in [-0.1, -0.05) is 19.9 Å². The van der Waals surface area contributed by atoms with E-state index >= 15 is 0 Å². The van der Waals surface area contributed by atoms with E-state index in [2.05, 4.69) is 11.9 Å². The number of benzene rings is 1. The Bertz CT molecular complexity index is 520. The van der Waals surface area contributed by atoms with Crippen LogP contribution in [0.3, 0.4) is 0 Å². The van der Waals surface area contributed by atoms with Gasteiger partial charge in [0.05, 0.1) is 6.61 Å². The highest BCUT2D eigenvalue weighted by atomic mass is 16.6. The molecule has 0 atom stereocenters. The van der Waals surface area contributed by atoms with Crippen LogP contribution in [0, 0.1) is 5.41 Å². The SMILES string of the molecule is C=CCC(C)(C)C(=O)Nc1ccc(OCC(=O)OCC)cc1. The van der Waals surface area contributed by atoms with Crippen LogP contribution in [0.5, 0.6) is 5.75 Å². The van der Waals surface area contributed by atoms with Crippen LogP contribution in [0.25, 0.3) is 0 Å². The Hall–Kier alpha value is -2.30. The zero-order valence-corrected chi connectivity index (χ0v) is 13.3. The summed E-state index contributed by atoms with van der Waals surface area (Å²) in [6.07, 6.45) is 2.32. The van der Waals surface area contributed by atoms with Crippen molar-refractivity contribution in [1.82, 2.24) is 0 Å². The van der Waals surface area contributed by atoms with Gasteiger partial charge < -0.3 is 14.8 Å². The molecule has 0 aliphatic heterocycles. The highest BCUT2D eigenvalue weighted by molar-refractivity contribution is 5.94. The molecule has 0 fully saturated rings. The van der Waals surface area contributed by atoms with E-state index in [1.165, 1.54) is 0 Å². The molecule has 0 aromatic heterocycles. The number of hydrogen-bond donors (Lipinski definition) is 1. The lowest BCUT2D eigenvalue weighted by Crippen LogP contribution is -2.30. The molecular weight excluding hydrogens is 282 g/mol. The zero-order chi connectivity index (χ0) is 16.6. The highest BCUT2D eigenvalue weighted by Gasteiger charge is 2.25. The third kappa shape index (κ3) is 5.60. The summed E-state index contributed by atoms with van der Waals surface area (Å²) in [4.78, 5) is 23.3. The van der Waals surface area contributed by atoms with Crippen molar-refractivity contribution in [3.05, 3.63) is 36.9 Å². The monoisotopic (exact) mass is 305 g/mol. The topological polar surface area (TPSA) is 64.6 Å². The van der Waals surface area contributed by atoms with Gasteiger partial charge in [-0.05, 0) is 37.6 Å². The third-order valence-electron chi connectivity index (χ3n) is 3.04. The van der Waals surface area contributed by atoms with Gasteiger partial charge in [-0.15, -0.1) is 6.58 Å². The molecule has 0 radical (unpaired) electrons. The van der Waals surface area contributed by atoms with Gasteiger partial charge in [0.15, 0.2) is 6.61 Å². The van der Waals surface area contributed by atoms with Crippen LogP contribution in [0.4, 0.5) is 5.69 Å². The molecule has 0 unspecified atom stereocenters. The van der Waals surface area contributed by atoms with E-state index < -0.39 is 11.4 Å². The molecule has 0 saturated carbocycles. The minimum absolute atomic E-state index is 0.0763. The lowest BCUT2D eigenvalue weighted by atomic mass is 9.88. The summed E-state index contributed by atoms with van der Waals surface area (Å²) in [5.74, 6) is 0.0510. The van der Waals surface area contributed by atoms with Crippen LogP contribution in [-0.2, 0) is 14.3 Å². The first kappa shape index (κ1) is 17.8. The number of carbonyl (C=O) groups is 2. The van der Waals surface area contributed by atoms with Crippen LogP contribution < -0.4 is 10.1 Å². The number of rotatable bonds is 8. The van der Waals surface area contributed by atoms with Crippen molar-refractivity contribution in [2.75, 3.05) is 18.5 Å². The molecule has 1 aromatic rings. The van der Waals surface area contributed by atoms with Gasteiger partial charge in [-0.25, -0.2) is 4.79 Å². The van der Waals surface area contributed by atoms with E-state index in [0.29, 0.717) is 24.5 Å². The number of ether oxygens (including phenoxy) is 2. The molecule has 0 aliphatic carbocycles. The molecule has 0 saturated heterocycles. The molecule has 120 valence electrons. The van der Waals surface area contributed by atoms with Gasteiger partial charge in [0, 0.05) is 11.1 Å². The lowest BCUT2D eigenvalue weighted by molar-refractivity contribution is -0.145. The van der Waals surface area contributed by atoms with E-state index in [4.69, 9.17) is 9.47 Å². The number of hydrogen-bond acceptors (Lipinski definition) is 4. The van der Waals surface area contributed by atoms with Crippen molar-refractivity contribution in [2.24, 2.45) is 5.41 Å². The van der Waals surface area contributed by atoms with Crippen molar-refractivity contribution in [3.8, 4) is 5.75 Å². The van der Waals surface area contributed by atoms with Crippen molar-refractivity contribution < 1.29 is 19.1 Å². The molecule has 22 heavy (non-hydrogen) atoms. The Kier molecular flexibility index (Phi) is 6.63. The average molecular weight is 305 g/mol. The largest absolute Gasteiger partial charge is 0.482 e. The fraction of sp³-hybridized carbons (Fsp3) is 0.412. The first-order chi connectivity index (χ1) is 10.4. The minimum atomic E-state index is -0.513. The van der Waals surface area contributed by atoms with Gasteiger partial charge in [0.2, 0.25) is 5.91 Å². The fourth-order valence-electron chi connectivity index (χ4n) is 1.73. The Morgan fingerprint density at radius 2 is 1.91 bits per heavy atom. The molecule has 1 amide bonds. The predicted octanol–water partition coefficient (Wildman–Crippen LogP) is 3.17. The summed E-state index contributed by atoms with van der Waals surface area (Å²) >= 11 is 0. The second-order valence-electron chi connectivity index (χ2n) is 5.45. The molecule has 5 heteroatoms. The first-order valence-corrected chi connectivity index (χ1v) is 7.20. The summed E-state index contributed by atoms with van der Waals surface area (Å²) in [5.41, 5.74) is 0.159. The number of nitrogens with one attached hydrogen (secondary N) is 1. The first-order valence-electron chi connectivity index (χ1n) is 7.20. The van der Waals surface area contributed by atoms with Crippen LogP contribution >= 0.6 is 0 Å². The molecule has 1 aromatic carbocycles. The van der Waals surface area contributed by atoms with Crippen LogP contribution in [0.2, 0.25) is 0 Å². The van der Waals surface area contributed by atoms with Crippen molar-refractivity contribution >= 4 is 17.6 Å². The van der Waals surface area contributed by atoms with E-state index in [0.717, 1.165) is 0 Å². The Morgan fingerprint density at radius 3 is 2.45 bits per heavy atom. The molecule has 1 rings (SSSR count). The summed E-state index contributed by atoms with van der Waals surface area (Å²) < 4.78 is 10.1. The van der Waals surface area contributed by atoms with Crippen LogP contribution in [-0.4, -0.2) is 25.1 Å². The summed E-state index contributed by atoms with van der Waals surface area (Å²) in [6, 6.07) is 6.83. The van der Waals surface area contributed by atoms with Gasteiger partial charge in [0.1, 0.15) is 5.75 Å². The summed E-state index contributed by atoms with van der Waals surface area (Å²) in [6.45, 7) is 9.32. The number of allylic oxidation sites excluding steroid dienone is 1. The smallest absolute Gasteiger partial charge is 0.344 e. The number of esters is 1. The summed E-state index contributed by atoms with van der Waals surface area (Å²) in [7, 11) is 0. The number of carbonyl (C=O) groups excluding carboxylic acids is 2. The van der Waals surface area contributed by atoms with Gasteiger partial charge in [-0.3, -0.25) is 4.79 Å². The zero-order valence-electron chi connectivity index (χ0n) is 13.3. The standard InChI is InChI=1S/C17H23NO4/c1-5-11-17(3,4)16(20)18-13-7-9-14(10-8-13)22-12-15(19)21-6-2/h5,7-10H,1,6,11-12H2,2-4H3,(H,18,20). The maximum absolute atomic E-state index is 12.1. The quantitative estimate of drug-likeness (QED) is 0.592. The van der Waals surface area contributed by atoms with E-state index in [1.54, 1.807) is 37.3 Å². The maximum Gasteiger partial charge on any atom is 0.344 e. The Morgan fingerprint density at radius 1 is 1.27 bits per heavy atom. The summed E-state index contributed by atoms with van der Waals surface area (Å²) in [5, 5.41) is 2.85. The Labute approximate surface area is 131 Å². The lowest BCUT2D eigenvalue weighted by Gasteiger charge is -2.21. The normalized spacial score (nSPS) is 10.7. The fourth-order valence-corrected chi connectivity index (χ4v) is 1.73. The van der Waals surface area contributed by atoms with Gasteiger partial charge in [0.25, 0.3) is 0 Å². The predicted molar refractivity (Wildman–Crippen MR) is 85.8 cm³/mol. The Balaban J connectivity index is 2.56. The van der Waals surface area contributed by atoms with Crippen LogP contribution in [0.1, 0.15) is 27.2 Å². The average Bonchev–Trinajstić information content (AvgIpc) is 2.46. The molecular formula is C17H23NO4. The maximum atomic E-state index is 12.1. The second-order valence-corrected chi connectivity index (χ2v) is 5.45. The minimum Gasteiger partial charge on any atom is -0.482 e. The van der Waals surface area contributed by atoms with Crippen molar-refractivity contribution in [3.63, 3.8) is 0 Å².